The maximum Gasteiger partial charge on any atom is 0.336 e. The molecule has 204 valence electrons. The number of rotatable bonds is 11. The van der Waals surface area contributed by atoms with Gasteiger partial charge in [-0.1, -0.05) is 33.8 Å². The molecule has 0 bridgehead atoms. The third-order valence-electron chi connectivity index (χ3n) is 6.05. The lowest BCUT2D eigenvalue weighted by atomic mass is 10.0. The van der Waals surface area contributed by atoms with Crippen molar-refractivity contribution in [3.63, 3.8) is 0 Å². The molecule has 3 rings (SSSR count). The zero-order valence-electron chi connectivity index (χ0n) is 22.0. The van der Waals surface area contributed by atoms with Crippen molar-refractivity contribution in [2.24, 2.45) is 5.92 Å². The summed E-state index contributed by atoms with van der Waals surface area (Å²) in [4.78, 5) is 38.0. The second-order valence-corrected chi connectivity index (χ2v) is 10.8. The van der Waals surface area contributed by atoms with Crippen molar-refractivity contribution in [1.82, 2.24) is 9.62 Å². The molecule has 0 spiro atoms. The molecule has 1 heterocycles. The van der Waals surface area contributed by atoms with Crippen LogP contribution < -0.4 is 15.7 Å². The van der Waals surface area contributed by atoms with Gasteiger partial charge in [-0.3, -0.25) is 4.79 Å². The van der Waals surface area contributed by atoms with Crippen LogP contribution >= 0.6 is 0 Å². The highest BCUT2D eigenvalue weighted by molar-refractivity contribution is 7.89. The number of amides is 1. The molecule has 1 N–H and O–H groups in total. The molecule has 0 aliphatic carbocycles. The second kappa shape index (κ2) is 12.2. The molecule has 0 aliphatic rings. The van der Waals surface area contributed by atoms with Crippen molar-refractivity contribution in [1.29, 1.82) is 0 Å². The maximum atomic E-state index is 13.0. The van der Waals surface area contributed by atoms with Crippen LogP contribution in [0.2, 0.25) is 0 Å². The van der Waals surface area contributed by atoms with E-state index in [1.807, 2.05) is 0 Å². The quantitative estimate of drug-likeness (QED) is 0.287. The molecule has 10 nitrogen and oxygen atoms in total. The first-order valence-corrected chi connectivity index (χ1v) is 13.6. The standard InChI is InChI=1S/C27H32N2O8S/c1-6-29(7-2)38(33,34)21-10-8-9-18(13-21)26(31)28-25(17(3)4)27(32)36-16-19-14-24(30)37-23-15-20(35-5)11-12-22(19)23/h8-15,17,25H,6-7,16H2,1-5H3,(H,28,31). The number of carbonyl (C=O) groups excluding carboxylic acids is 2. The molecule has 0 aliphatic heterocycles. The number of sulfonamides is 1. The van der Waals surface area contributed by atoms with Crippen molar-refractivity contribution in [3.8, 4) is 5.75 Å². The summed E-state index contributed by atoms with van der Waals surface area (Å²) in [5.41, 5.74) is 0.217. The van der Waals surface area contributed by atoms with E-state index in [4.69, 9.17) is 13.9 Å². The molecule has 38 heavy (non-hydrogen) atoms. The number of nitrogens with one attached hydrogen (secondary N) is 1. The van der Waals surface area contributed by atoms with Crippen LogP contribution in [0.4, 0.5) is 0 Å². The van der Waals surface area contributed by atoms with Crippen molar-refractivity contribution < 1.29 is 31.9 Å². The number of ether oxygens (including phenoxy) is 2. The number of hydrogen-bond donors (Lipinski definition) is 1. The van der Waals surface area contributed by atoms with E-state index in [9.17, 15) is 22.8 Å². The summed E-state index contributed by atoms with van der Waals surface area (Å²) in [6, 6.07) is 10.8. The Morgan fingerprint density at radius 2 is 1.76 bits per heavy atom. The number of benzene rings is 2. The Labute approximate surface area is 221 Å². The first kappa shape index (κ1) is 28.9. The number of fused-ring (bicyclic) bond motifs is 1. The Balaban J connectivity index is 1.78. The highest BCUT2D eigenvalue weighted by Gasteiger charge is 2.28. The van der Waals surface area contributed by atoms with Gasteiger partial charge in [0.15, 0.2) is 0 Å². The van der Waals surface area contributed by atoms with Gasteiger partial charge in [0.1, 0.15) is 24.0 Å². The number of hydrogen-bond acceptors (Lipinski definition) is 8. The molecule has 0 fully saturated rings. The van der Waals surface area contributed by atoms with Gasteiger partial charge in [-0.15, -0.1) is 0 Å². The van der Waals surface area contributed by atoms with Gasteiger partial charge in [-0.25, -0.2) is 18.0 Å². The summed E-state index contributed by atoms with van der Waals surface area (Å²) in [6.45, 7) is 7.32. The van der Waals surface area contributed by atoms with Crippen LogP contribution in [-0.4, -0.2) is 50.8 Å². The average Bonchev–Trinajstić information content (AvgIpc) is 2.89. The molecule has 0 radical (unpaired) electrons. The van der Waals surface area contributed by atoms with E-state index >= 15 is 0 Å². The van der Waals surface area contributed by atoms with Crippen LogP contribution in [0, 0.1) is 5.92 Å². The minimum absolute atomic E-state index is 0.0102. The molecule has 11 heteroatoms. The lowest BCUT2D eigenvalue weighted by Crippen LogP contribution is -2.45. The molecule has 0 saturated carbocycles. The molecule has 1 atom stereocenters. The maximum absolute atomic E-state index is 13.0. The lowest BCUT2D eigenvalue weighted by molar-refractivity contribution is -0.148. The summed E-state index contributed by atoms with van der Waals surface area (Å²) >= 11 is 0. The summed E-state index contributed by atoms with van der Waals surface area (Å²) in [6.07, 6.45) is 0. The third kappa shape index (κ3) is 6.40. The normalized spacial score (nSPS) is 12.5. The van der Waals surface area contributed by atoms with Gasteiger partial charge in [0.05, 0.1) is 12.0 Å². The molecular formula is C27H32N2O8S. The minimum atomic E-state index is -3.76. The second-order valence-electron chi connectivity index (χ2n) is 8.87. The van der Waals surface area contributed by atoms with Crippen LogP contribution in [-0.2, 0) is 26.2 Å². The van der Waals surface area contributed by atoms with Gasteiger partial charge in [-0.2, -0.15) is 4.31 Å². The summed E-state index contributed by atoms with van der Waals surface area (Å²) < 4.78 is 42.9. The number of nitrogens with zero attached hydrogens (tertiary/aromatic N) is 1. The molecule has 0 saturated heterocycles. The fourth-order valence-electron chi connectivity index (χ4n) is 3.93. The Hall–Kier alpha value is -3.70. The summed E-state index contributed by atoms with van der Waals surface area (Å²) in [7, 11) is -2.27. The van der Waals surface area contributed by atoms with E-state index in [0.29, 0.717) is 29.8 Å². The van der Waals surface area contributed by atoms with E-state index < -0.39 is 33.6 Å². The van der Waals surface area contributed by atoms with Crippen LogP contribution in [0.15, 0.2) is 62.6 Å². The Kier molecular flexibility index (Phi) is 9.29. The van der Waals surface area contributed by atoms with Crippen LogP contribution in [0.3, 0.4) is 0 Å². The summed E-state index contributed by atoms with van der Waals surface area (Å²) in [5.74, 6) is -1.15. The average molecular weight is 545 g/mol. The number of esters is 1. The zero-order chi connectivity index (χ0) is 28.0. The Bertz CT molecular complexity index is 1480. The van der Waals surface area contributed by atoms with Gasteiger partial charge in [0.2, 0.25) is 10.0 Å². The smallest absolute Gasteiger partial charge is 0.336 e. The van der Waals surface area contributed by atoms with Crippen molar-refractivity contribution in [2.75, 3.05) is 20.2 Å². The van der Waals surface area contributed by atoms with E-state index in [2.05, 4.69) is 5.32 Å². The fourth-order valence-corrected chi connectivity index (χ4v) is 5.43. The molecule has 1 unspecified atom stereocenters. The molecule has 2 aromatic carbocycles. The topological polar surface area (TPSA) is 132 Å². The predicted octanol–water partition coefficient (Wildman–Crippen LogP) is 3.33. The van der Waals surface area contributed by atoms with Crippen LogP contribution in [0.5, 0.6) is 5.75 Å². The predicted molar refractivity (Wildman–Crippen MR) is 141 cm³/mol. The Morgan fingerprint density at radius 3 is 2.39 bits per heavy atom. The molecule has 1 amide bonds. The van der Waals surface area contributed by atoms with E-state index in [-0.39, 0.29) is 28.6 Å². The van der Waals surface area contributed by atoms with Gasteiger partial charge in [0.25, 0.3) is 5.91 Å². The molecule has 1 aromatic heterocycles. The summed E-state index contributed by atoms with van der Waals surface area (Å²) in [5, 5.41) is 3.23. The minimum Gasteiger partial charge on any atom is -0.497 e. The van der Waals surface area contributed by atoms with Crippen molar-refractivity contribution >= 4 is 32.9 Å². The first-order valence-electron chi connectivity index (χ1n) is 12.2. The van der Waals surface area contributed by atoms with Crippen LogP contribution in [0.25, 0.3) is 11.0 Å². The van der Waals surface area contributed by atoms with E-state index in [1.165, 1.54) is 41.7 Å². The van der Waals surface area contributed by atoms with E-state index in [1.54, 1.807) is 45.9 Å². The highest BCUT2D eigenvalue weighted by atomic mass is 32.2. The monoisotopic (exact) mass is 544 g/mol. The fraction of sp³-hybridized carbons (Fsp3) is 0.370. The first-order chi connectivity index (χ1) is 18.0. The van der Waals surface area contributed by atoms with Gasteiger partial charge in [0, 0.05) is 41.7 Å². The van der Waals surface area contributed by atoms with Gasteiger partial charge in [-0.05, 0) is 36.2 Å². The van der Waals surface area contributed by atoms with Crippen molar-refractivity contribution in [3.05, 3.63) is 70.1 Å². The highest BCUT2D eigenvalue weighted by Crippen LogP contribution is 2.23. The lowest BCUT2D eigenvalue weighted by Gasteiger charge is -2.22. The molecular weight excluding hydrogens is 512 g/mol. The molecule has 3 aromatic rings. The number of methoxy groups -OCH3 is 1. The zero-order valence-corrected chi connectivity index (χ0v) is 22.8. The SMILES string of the molecule is CCN(CC)S(=O)(=O)c1cccc(C(=O)NC(C(=O)OCc2cc(=O)oc3cc(OC)ccc23)C(C)C)c1. The van der Waals surface area contributed by atoms with Gasteiger partial charge < -0.3 is 19.2 Å². The third-order valence-corrected chi connectivity index (χ3v) is 8.10. The van der Waals surface area contributed by atoms with Crippen LogP contribution in [0.1, 0.15) is 43.6 Å². The van der Waals surface area contributed by atoms with Gasteiger partial charge >= 0.3 is 11.6 Å². The number of carbonyl (C=O) groups is 2. The largest absolute Gasteiger partial charge is 0.497 e. The van der Waals surface area contributed by atoms with E-state index in [0.717, 1.165) is 0 Å². The van der Waals surface area contributed by atoms with Crippen molar-refractivity contribution in [2.45, 2.75) is 45.2 Å². The Morgan fingerprint density at radius 1 is 1.05 bits per heavy atom.